The minimum atomic E-state index is -1.27. The average molecular weight is 369 g/mol. The van der Waals surface area contributed by atoms with Gasteiger partial charge in [-0.25, -0.2) is 9.59 Å². The molecular formula is C19H15NO7. The number of rotatable bonds is 7. The number of carboxylic acids is 2. The molecule has 0 aliphatic heterocycles. The van der Waals surface area contributed by atoms with Crippen LogP contribution in [0.15, 0.2) is 42.5 Å². The van der Waals surface area contributed by atoms with Gasteiger partial charge in [-0.05, 0) is 42.3 Å². The molecule has 0 aliphatic carbocycles. The van der Waals surface area contributed by atoms with Gasteiger partial charge >= 0.3 is 17.9 Å². The number of hydrogen-bond acceptors (Lipinski definition) is 6. The normalized spacial score (nSPS) is 11.1. The second kappa shape index (κ2) is 8.49. The summed E-state index contributed by atoms with van der Waals surface area (Å²) in [6.07, 6.45) is 0.168. The van der Waals surface area contributed by atoms with E-state index in [-0.39, 0.29) is 23.3 Å². The maximum atomic E-state index is 11.5. The third-order valence-electron chi connectivity index (χ3n) is 3.64. The summed E-state index contributed by atoms with van der Waals surface area (Å²) in [6.45, 7) is 0. The van der Waals surface area contributed by atoms with Gasteiger partial charge in [-0.15, -0.1) is 0 Å². The number of carbonyl (C=O) groups is 3. The van der Waals surface area contributed by atoms with Crippen molar-refractivity contribution in [1.82, 2.24) is 0 Å². The average Bonchev–Trinajstić information content (AvgIpc) is 2.66. The van der Waals surface area contributed by atoms with Crippen molar-refractivity contribution in [2.24, 2.45) is 5.92 Å². The van der Waals surface area contributed by atoms with Crippen LogP contribution in [0.5, 0.6) is 11.5 Å². The predicted molar refractivity (Wildman–Crippen MR) is 91.7 cm³/mol. The fourth-order valence-corrected chi connectivity index (χ4v) is 2.29. The topological polar surface area (TPSA) is 134 Å². The molecule has 0 heterocycles. The molecule has 1 unspecified atom stereocenters. The molecule has 0 amide bonds. The van der Waals surface area contributed by atoms with Crippen LogP contribution < -0.4 is 4.74 Å². The second-order valence-corrected chi connectivity index (χ2v) is 5.51. The van der Waals surface area contributed by atoms with Crippen LogP contribution in [0.2, 0.25) is 0 Å². The maximum Gasteiger partial charge on any atom is 0.335 e. The van der Waals surface area contributed by atoms with Gasteiger partial charge in [-0.2, -0.15) is 5.26 Å². The molecule has 2 rings (SSSR count). The van der Waals surface area contributed by atoms with Gasteiger partial charge in [0.25, 0.3) is 0 Å². The fourth-order valence-electron chi connectivity index (χ4n) is 2.29. The first-order valence-corrected chi connectivity index (χ1v) is 7.70. The first-order valence-electron chi connectivity index (χ1n) is 7.70. The van der Waals surface area contributed by atoms with E-state index >= 15 is 0 Å². The number of benzene rings is 2. The monoisotopic (exact) mass is 369 g/mol. The van der Waals surface area contributed by atoms with Crippen molar-refractivity contribution in [3.63, 3.8) is 0 Å². The van der Waals surface area contributed by atoms with Gasteiger partial charge in [0.05, 0.1) is 24.3 Å². The molecule has 27 heavy (non-hydrogen) atoms. The number of carboxylic acid groups (broad SMARTS) is 2. The Balaban J connectivity index is 2.19. The van der Waals surface area contributed by atoms with Crippen molar-refractivity contribution in [3.8, 4) is 17.6 Å². The van der Waals surface area contributed by atoms with Crippen molar-refractivity contribution >= 4 is 17.9 Å². The van der Waals surface area contributed by atoms with Crippen LogP contribution in [0.4, 0.5) is 0 Å². The zero-order valence-electron chi connectivity index (χ0n) is 14.2. The first-order chi connectivity index (χ1) is 12.8. The van der Waals surface area contributed by atoms with Crippen LogP contribution in [0.1, 0.15) is 26.3 Å². The quantitative estimate of drug-likeness (QED) is 0.712. The molecule has 0 saturated heterocycles. The molecule has 0 aromatic heterocycles. The SMILES string of the molecule is COC(=O)C(C#N)Cc1ccc(Oc2cc(C(=O)O)cc(C(=O)O)c2)cc1. The summed E-state index contributed by atoms with van der Waals surface area (Å²) in [5, 5.41) is 27.2. The molecule has 0 spiro atoms. The summed E-state index contributed by atoms with van der Waals surface area (Å²) < 4.78 is 10.1. The molecule has 0 saturated carbocycles. The Bertz CT molecular complexity index is 880. The van der Waals surface area contributed by atoms with Crippen LogP contribution in [-0.2, 0) is 16.0 Å². The van der Waals surface area contributed by atoms with E-state index in [1.807, 2.05) is 6.07 Å². The van der Waals surface area contributed by atoms with Gasteiger partial charge in [0.2, 0.25) is 0 Å². The largest absolute Gasteiger partial charge is 0.478 e. The summed E-state index contributed by atoms with van der Waals surface area (Å²) >= 11 is 0. The number of ether oxygens (including phenoxy) is 2. The maximum absolute atomic E-state index is 11.5. The van der Waals surface area contributed by atoms with E-state index in [2.05, 4.69) is 4.74 Å². The van der Waals surface area contributed by atoms with Gasteiger partial charge in [-0.3, -0.25) is 4.79 Å². The highest BCUT2D eigenvalue weighted by Crippen LogP contribution is 2.25. The lowest BCUT2D eigenvalue weighted by Gasteiger charge is -2.10. The molecule has 8 heteroatoms. The van der Waals surface area contributed by atoms with Crippen molar-refractivity contribution in [1.29, 1.82) is 5.26 Å². The van der Waals surface area contributed by atoms with Gasteiger partial charge in [-0.1, -0.05) is 12.1 Å². The summed E-state index contributed by atoms with van der Waals surface area (Å²) in [6, 6.07) is 11.7. The smallest absolute Gasteiger partial charge is 0.335 e. The zero-order chi connectivity index (χ0) is 20.0. The van der Waals surface area contributed by atoms with E-state index in [0.29, 0.717) is 11.3 Å². The van der Waals surface area contributed by atoms with Crippen molar-refractivity contribution in [2.45, 2.75) is 6.42 Å². The van der Waals surface area contributed by atoms with Crippen LogP contribution in [0.25, 0.3) is 0 Å². The lowest BCUT2D eigenvalue weighted by molar-refractivity contribution is -0.143. The first kappa shape index (κ1) is 19.5. The number of nitrogens with zero attached hydrogens (tertiary/aromatic N) is 1. The number of methoxy groups -OCH3 is 1. The highest BCUT2D eigenvalue weighted by molar-refractivity contribution is 5.94. The van der Waals surface area contributed by atoms with E-state index in [9.17, 15) is 14.4 Å². The molecule has 138 valence electrons. The molecule has 0 bridgehead atoms. The van der Waals surface area contributed by atoms with E-state index < -0.39 is 23.8 Å². The lowest BCUT2D eigenvalue weighted by Crippen LogP contribution is -2.16. The van der Waals surface area contributed by atoms with Crippen molar-refractivity contribution in [3.05, 3.63) is 59.2 Å². The predicted octanol–water partition coefficient (Wildman–Crippen LogP) is 2.73. The number of aromatic carboxylic acids is 2. The van der Waals surface area contributed by atoms with E-state index in [1.54, 1.807) is 24.3 Å². The molecule has 2 N–H and O–H groups in total. The Hall–Kier alpha value is -3.86. The summed E-state index contributed by atoms with van der Waals surface area (Å²) in [5.41, 5.74) is 0.276. The highest BCUT2D eigenvalue weighted by atomic mass is 16.5. The Kier molecular flexibility index (Phi) is 6.12. The molecule has 8 nitrogen and oxygen atoms in total. The minimum absolute atomic E-state index is 0.0597. The number of esters is 1. The van der Waals surface area contributed by atoms with Gasteiger partial charge in [0.1, 0.15) is 17.4 Å². The summed E-state index contributed by atoms with van der Waals surface area (Å²) in [7, 11) is 1.21. The number of carbonyl (C=O) groups excluding carboxylic acids is 1. The van der Waals surface area contributed by atoms with E-state index in [4.69, 9.17) is 20.2 Å². The minimum Gasteiger partial charge on any atom is -0.478 e. The lowest BCUT2D eigenvalue weighted by atomic mass is 10.0. The Labute approximate surface area is 154 Å². The number of nitriles is 1. The molecule has 2 aromatic rings. The van der Waals surface area contributed by atoms with Crippen molar-refractivity contribution in [2.75, 3.05) is 7.11 Å². The molecule has 0 aliphatic rings. The fraction of sp³-hybridized carbons (Fsp3) is 0.158. The van der Waals surface area contributed by atoms with Gasteiger partial charge in [0, 0.05) is 0 Å². The second-order valence-electron chi connectivity index (χ2n) is 5.51. The molecular weight excluding hydrogens is 354 g/mol. The third kappa shape index (κ3) is 5.06. The van der Waals surface area contributed by atoms with Crippen LogP contribution in [0.3, 0.4) is 0 Å². The van der Waals surface area contributed by atoms with E-state index in [1.165, 1.54) is 19.2 Å². The van der Waals surface area contributed by atoms with Gasteiger partial charge in [0.15, 0.2) is 0 Å². The zero-order valence-corrected chi connectivity index (χ0v) is 14.2. The molecule has 1 atom stereocenters. The van der Waals surface area contributed by atoms with Crippen LogP contribution >= 0.6 is 0 Å². The van der Waals surface area contributed by atoms with Gasteiger partial charge < -0.3 is 19.7 Å². The van der Waals surface area contributed by atoms with E-state index in [0.717, 1.165) is 6.07 Å². The molecule has 2 aromatic carbocycles. The van der Waals surface area contributed by atoms with Crippen molar-refractivity contribution < 1.29 is 34.1 Å². The summed E-state index contributed by atoms with van der Waals surface area (Å²) in [4.78, 5) is 33.7. The Morgan fingerprint density at radius 1 is 1.00 bits per heavy atom. The third-order valence-corrected chi connectivity index (χ3v) is 3.64. The van der Waals surface area contributed by atoms with Crippen LogP contribution in [-0.4, -0.2) is 35.2 Å². The summed E-state index contributed by atoms with van der Waals surface area (Å²) in [5.74, 6) is -3.70. The highest BCUT2D eigenvalue weighted by Gasteiger charge is 2.19. The molecule has 0 radical (unpaired) electrons. The Morgan fingerprint density at radius 2 is 1.56 bits per heavy atom. The molecule has 0 fully saturated rings. The Morgan fingerprint density at radius 3 is 2.00 bits per heavy atom. The standard InChI is InChI=1S/C19H15NO7/c1-26-19(25)14(10-20)6-11-2-4-15(5-3-11)27-16-8-12(17(21)22)7-13(9-16)18(23)24/h2-5,7-9,14H,6H2,1H3,(H,21,22)(H,23,24). The van der Waals surface area contributed by atoms with Crippen LogP contribution in [0, 0.1) is 17.2 Å². The number of hydrogen-bond donors (Lipinski definition) is 2.